The fraction of sp³-hybridized carbons (Fsp3) is 0.417. The minimum absolute atomic E-state index is 1.16. The van der Waals surface area contributed by atoms with E-state index in [9.17, 15) is 17.3 Å². The number of benzene rings is 1. The third kappa shape index (κ3) is 6.56. The molecule has 1 nitrogen and oxygen atoms in total. The molecular formula is C12H16BF4NS. The maximum absolute atomic E-state index is 9.75. The number of rotatable bonds is 4. The normalized spacial score (nSPS) is 11.2. The second kappa shape index (κ2) is 7.48. The van der Waals surface area contributed by atoms with Crippen LogP contribution in [0, 0.1) is 0 Å². The van der Waals surface area contributed by atoms with Crippen LogP contribution in [0.15, 0.2) is 29.8 Å². The van der Waals surface area contributed by atoms with Gasteiger partial charge in [0.25, 0.3) is 0 Å². The highest BCUT2D eigenvalue weighted by Gasteiger charge is 2.20. The Balaban J connectivity index is 0.000000312. The molecule has 0 bridgehead atoms. The highest BCUT2D eigenvalue weighted by Crippen LogP contribution is 2.15. The van der Waals surface area contributed by atoms with Gasteiger partial charge < -0.3 is 17.3 Å². The topological polar surface area (TPSA) is 3.88 Å². The van der Waals surface area contributed by atoms with Crippen LogP contribution in [-0.4, -0.2) is 7.25 Å². The number of unbranched alkanes of at least 4 members (excludes halogenated alkanes) is 2. The van der Waals surface area contributed by atoms with E-state index in [4.69, 9.17) is 0 Å². The summed E-state index contributed by atoms with van der Waals surface area (Å²) in [4.78, 5) is 0. The Bertz CT molecular complexity index is 492. The molecule has 0 radical (unpaired) electrons. The van der Waals surface area contributed by atoms with Crippen LogP contribution in [0.25, 0.3) is 10.2 Å². The van der Waals surface area contributed by atoms with Crippen molar-refractivity contribution in [3.05, 3.63) is 29.8 Å². The summed E-state index contributed by atoms with van der Waals surface area (Å²) < 4.78 is 42.8. The molecule has 1 aromatic carbocycles. The van der Waals surface area contributed by atoms with E-state index in [1.54, 1.807) is 0 Å². The quantitative estimate of drug-likeness (QED) is 0.333. The lowest BCUT2D eigenvalue weighted by Gasteiger charge is -1.94. The van der Waals surface area contributed by atoms with Crippen LogP contribution in [0.2, 0.25) is 0 Å². The van der Waals surface area contributed by atoms with Gasteiger partial charge in [-0.25, -0.2) is 0 Å². The van der Waals surface area contributed by atoms with Crippen molar-refractivity contribution in [2.24, 2.45) is 0 Å². The summed E-state index contributed by atoms with van der Waals surface area (Å²) in [6.45, 7) is 3.41. The van der Waals surface area contributed by atoms with Gasteiger partial charge in [-0.15, -0.1) is 0 Å². The molecule has 7 heteroatoms. The molecule has 0 atom stereocenters. The van der Waals surface area contributed by atoms with Gasteiger partial charge >= 0.3 is 7.25 Å². The van der Waals surface area contributed by atoms with Crippen molar-refractivity contribution in [3.8, 4) is 0 Å². The first kappa shape index (κ1) is 16.0. The van der Waals surface area contributed by atoms with E-state index in [0.29, 0.717) is 0 Å². The van der Waals surface area contributed by atoms with Gasteiger partial charge in [0.15, 0.2) is 0 Å². The van der Waals surface area contributed by atoms with E-state index in [2.05, 4.69) is 41.3 Å². The average Bonchev–Trinajstić information content (AvgIpc) is 2.71. The van der Waals surface area contributed by atoms with E-state index < -0.39 is 7.25 Å². The molecule has 2 aromatic rings. The summed E-state index contributed by atoms with van der Waals surface area (Å²) in [5.74, 6) is 0. The maximum Gasteiger partial charge on any atom is 0.673 e. The van der Waals surface area contributed by atoms with E-state index >= 15 is 0 Å². The first-order chi connectivity index (χ1) is 8.92. The van der Waals surface area contributed by atoms with Crippen molar-refractivity contribution in [2.45, 2.75) is 32.7 Å². The monoisotopic (exact) mass is 293 g/mol. The molecule has 0 unspecified atom stereocenters. The maximum atomic E-state index is 9.75. The summed E-state index contributed by atoms with van der Waals surface area (Å²) in [6.07, 6.45) is 3.92. The molecule has 19 heavy (non-hydrogen) atoms. The highest BCUT2D eigenvalue weighted by atomic mass is 32.1. The van der Waals surface area contributed by atoms with Crippen molar-refractivity contribution >= 4 is 28.8 Å². The zero-order chi connectivity index (χ0) is 14.3. The Morgan fingerprint density at radius 3 is 2.37 bits per heavy atom. The van der Waals surface area contributed by atoms with E-state index in [1.807, 2.05) is 11.3 Å². The molecule has 0 aliphatic rings. The molecule has 0 fully saturated rings. The number of fused-ring (bicyclic) bond motifs is 1. The molecule has 0 saturated heterocycles. The van der Waals surface area contributed by atoms with Crippen molar-refractivity contribution in [2.75, 3.05) is 0 Å². The van der Waals surface area contributed by atoms with Gasteiger partial charge in [0.05, 0.1) is 0 Å². The highest BCUT2D eigenvalue weighted by molar-refractivity contribution is 7.16. The smallest absolute Gasteiger partial charge is 0.418 e. The minimum atomic E-state index is -6.00. The van der Waals surface area contributed by atoms with E-state index in [-0.39, 0.29) is 0 Å². The number of hydrogen-bond acceptors (Lipinski definition) is 1. The first-order valence-electron chi connectivity index (χ1n) is 6.15. The van der Waals surface area contributed by atoms with Crippen molar-refractivity contribution < 1.29 is 21.8 Å². The van der Waals surface area contributed by atoms with Gasteiger partial charge in [0.1, 0.15) is 11.2 Å². The number of halogens is 4. The SMILES string of the molecule is CCCCC[n+]1csc2ccccc21.F[B-](F)(F)F. The molecule has 1 heterocycles. The number of hydrogen-bond donors (Lipinski definition) is 0. The lowest BCUT2D eigenvalue weighted by Crippen LogP contribution is -2.31. The second-order valence-electron chi connectivity index (χ2n) is 4.09. The van der Waals surface area contributed by atoms with Gasteiger partial charge in [-0.05, 0) is 12.5 Å². The van der Waals surface area contributed by atoms with Gasteiger partial charge in [-0.3, -0.25) is 0 Å². The average molecular weight is 293 g/mol. The van der Waals surface area contributed by atoms with Crippen LogP contribution in [0.5, 0.6) is 0 Å². The lowest BCUT2D eigenvalue weighted by molar-refractivity contribution is -0.667. The minimum Gasteiger partial charge on any atom is -0.418 e. The van der Waals surface area contributed by atoms with Crippen LogP contribution in [0.4, 0.5) is 17.3 Å². The predicted octanol–water partition coefficient (Wildman–Crippen LogP) is 4.68. The Kier molecular flexibility index (Phi) is 6.28. The number of para-hydroxylation sites is 1. The molecule has 2 rings (SSSR count). The van der Waals surface area contributed by atoms with Gasteiger partial charge in [0, 0.05) is 12.5 Å². The van der Waals surface area contributed by atoms with Crippen molar-refractivity contribution in [3.63, 3.8) is 0 Å². The van der Waals surface area contributed by atoms with Crippen LogP contribution in [0.1, 0.15) is 26.2 Å². The molecule has 0 aliphatic heterocycles. The number of aryl methyl sites for hydroxylation is 1. The predicted molar refractivity (Wildman–Crippen MR) is 71.7 cm³/mol. The fourth-order valence-corrected chi connectivity index (χ4v) is 2.60. The van der Waals surface area contributed by atoms with Gasteiger partial charge in [-0.2, -0.15) is 4.57 Å². The van der Waals surface area contributed by atoms with Crippen LogP contribution in [-0.2, 0) is 6.54 Å². The van der Waals surface area contributed by atoms with E-state index in [0.717, 1.165) is 6.54 Å². The molecule has 0 saturated carbocycles. The molecule has 0 spiro atoms. The Hall–Kier alpha value is -1.11. The summed E-state index contributed by atoms with van der Waals surface area (Å²) in [5, 5.41) is 0. The Morgan fingerprint density at radius 1 is 1.11 bits per heavy atom. The molecule has 1 aromatic heterocycles. The molecular weight excluding hydrogens is 277 g/mol. The number of aromatic nitrogens is 1. The Labute approximate surface area is 114 Å². The molecule has 0 N–H and O–H groups in total. The van der Waals surface area contributed by atoms with Gasteiger partial charge in [-0.1, -0.05) is 36.8 Å². The summed E-state index contributed by atoms with van der Waals surface area (Å²) in [5.41, 5.74) is 3.62. The van der Waals surface area contributed by atoms with Crippen LogP contribution >= 0.6 is 11.3 Å². The zero-order valence-corrected chi connectivity index (χ0v) is 11.5. The van der Waals surface area contributed by atoms with Crippen molar-refractivity contribution in [1.82, 2.24) is 0 Å². The summed E-state index contributed by atoms with van der Waals surface area (Å²) >= 11 is 1.83. The van der Waals surface area contributed by atoms with Gasteiger partial charge in [0.2, 0.25) is 11.0 Å². The lowest BCUT2D eigenvalue weighted by atomic mass is 10.2. The number of thiazole rings is 1. The third-order valence-electron chi connectivity index (χ3n) is 2.48. The summed E-state index contributed by atoms with van der Waals surface area (Å²) in [7, 11) is -6.00. The molecule has 106 valence electrons. The summed E-state index contributed by atoms with van der Waals surface area (Å²) in [6, 6.07) is 8.62. The number of nitrogens with zero attached hydrogens (tertiary/aromatic N) is 1. The molecule has 0 amide bonds. The standard InChI is InChI=1S/C12H16NS.BF4/c1-2-3-6-9-13-10-14-12-8-5-4-7-11(12)13;2-1(3,4)5/h4-5,7-8,10H,2-3,6,9H2,1H3;/q+1;-1. The second-order valence-corrected chi connectivity index (χ2v) is 4.97. The van der Waals surface area contributed by atoms with Crippen LogP contribution < -0.4 is 4.57 Å². The fourth-order valence-electron chi connectivity index (χ4n) is 1.68. The zero-order valence-electron chi connectivity index (χ0n) is 10.7. The third-order valence-corrected chi connectivity index (χ3v) is 3.44. The molecule has 0 aliphatic carbocycles. The largest absolute Gasteiger partial charge is 0.673 e. The van der Waals surface area contributed by atoms with E-state index in [1.165, 1.54) is 29.5 Å². The Morgan fingerprint density at radius 2 is 1.74 bits per heavy atom. The van der Waals surface area contributed by atoms with Crippen LogP contribution in [0.3, 0.4) is 0 Å². The first-order valence-corrected chi connectivity index (χ1v) is 7.02. The van der Waals surface area contributed by atoms with Crippen molar-refractivity contribution in [1.29, 1.82) is 0 Å².